The Morgan fingerprint density at radius 1 is 1.35 bits per heavy atom. The Kier molecular flexibility index (Phi) is 4.33. The number of alkyl halides is 6. The van der Waals surface area contributed by atoms with Crippen molar-refractivity contribution in [2.75, 3.05) is 0 Å². The third-order valence-electron chi connectivity index (χ3n) is 2.74. The summed E-state index contributed by atoms with van der Waals surface area (Å²) in [7, 11) is 0. The first kappa shape index (κ1) is 15.8. The van der Waals surface area contributed by atoms with Gasteiger partial charge >= 0.3 is 12.1 Å². The molecule has 100 valence electrons. The van der Waals surface area contributed by atoms with Crippen LogP contribution in [-0.2, 0) is 9.53 Å². The summed E-state index contributed by atoms with van der Waals surface area (Å²) >= 11 is 9.36. The maximum atomic E-state index is 12.2. The van der Waals surface area contributed by atoms with E-state index in [0.29, 0.717) is 6.42 Å². The van der Waals surface area contributed by atoms with E-state index in [0.717, 1.165) is 0 Å². The lowest BCUT2D eigenvalue weighted by atomic mass is 10.1. The fourth-order valence-corrected chi connectivity index (χ4v) is 2.82. The van der Waals surface area contributed by atoms with Crippen LogP contribution in [0, 0.1) is 11.3 Å². The number of hydrogen-bond acceptors (Lipinski definition) is 2. The van der Waals surface area contributed by atoms with Crippen LogP contribution in [-0.4, -0.2) is 20.4 Å². The van der Waals surface area contributed by atoms with Crippen molar-refractivity contribution in [2.45, 2.75) is 34.7 Å². The summed E-state index contributed by atoms with van der Waals surface area (Å²) in [6.07, 6.45) is -5.21. The Morgan fingerprint density at radius 2 is 1.76 bits per heavy atom. The quantitative estimate of drug-likeness (QED) is 0.466. The molecule has 0 radical (unpaired) electrons. The lowest BCUT2D eigenvalue weighted by Crippen LogP contribution is -2.38. The second-order valence-corrected chi connectivity index (χ2v) is 11.6. The van der Waals surface area contributed by atoms with Crippen LogP contribution >= 0.6 is 47.8 Å². The van der Waals surface area contributed by atoms with Crippen LogP contribution in [0.4, 0.5) is 13.2 Å². The predicted octanol–water partition coefficient (Wildman–Crippen LogP) is 4.35. The Balaban J connectivity index is 2.78. The second-order valence-electron chi connectivity index (χ2n) is 4.66. The van der Waals surface area contributed by atoms with Gasteiger partial charge in [-0.1, -0.05) is 61.6 Å². The molecule has 0 aromatic heterocycles. The predicted molar refractivity (Wildman–Crippen MR) is 67.3 cm³/mol. The number of ether oxygens (including phenoxy) is 1. The topological polar surface area (TPSA) is 26.3 Å². The number of carbonyl (C=O) groups excluding carboxylic acids is 1. The van der Waals surface area contributed by atoms with Crippen molar-refractivity contribution < 1.29 is 22.7 Å². The lowest BCUT2D eigenvalue weighted by Gasteiger charge is -2.27. The van der Waals surface area contributed by atoms with Crippen LogP contribution < -0.4 is 0 Å². The average molecular weight is 447 g/mol. The van der Waals surface area contributed by atoms with Gasteiger partial charge in [0.05, 0.1) is 0 Å². The van der Waals surface area contributed by atoms with Gasteiger partial charge in [-0.2, -0.15) is 13.2 Å². The normalized spacial score (nSPS) is 25.3. The summed E-state index contributed by atoms with van der Waals surface area (Å²) in [5.74, 6) is -2.31. The zero-order chi connectivity index (χ0) is 13.6. The Bertz CT molecular complexity index is 322. The molecule has 17 heavy (non-hydrogen) atoms. The summed E-state index contributed by atoms with van der Waals surface area (Å²) in [5.41, 5.74) is -0.128. The molecule has 0 saturated heterocycles. The summed E-state index contributed by atoms with van der Waals surface area (Å²) in [4.78, 5) is 10.9. The number of halogens is 6. The van der Waals surface area contributed by atoms with E-state index in [1.807, 2.05) is 13.8 Å². The fraction of sp³-hybridized carbons (Fsp3) is 0.889. The van der Waals surface area contributed by atoms with E-state index in [4.69, 9.17) is 0 Å². The van der Waals surface area contributed by atoms with Crippen molar-refractivity contribution in [1.29, 1.82) is 0 Å². The zero-order valence-electron chi connectivity index (χ0n) is 8.95. The Labute approximate surface area is 122 Å². The maximum Gasteiger partial charge on any atom is 0.490 e. The molecule has 0 aromatic carbocycles. The minimum atomic E-state index is -4.98. The van der Waals surface area contributed by atoms with Gasteiger partial charge in [0.15, 0.2) is 2.14 Å². The molecule has 2 atom stereocenters. The molecule has 2 unspecified atom stereocenters. The van der Waals surface area contributed by atoms with Crippen molar-refractivity contribution in [2.24, 2.45) is 11.3 Å². The van der Waals surface area contributed by atoms with Gasteiger partial charge in [0.25, 0.3) is 0 Å². The number of esters is 1. The molecule has 0 heterocycles. The second kappa shape index (κ2) is 4.67. The molecule has 1 aliphatic carbocycles. The molecule has 0 aromatic rings. The average Bonchev–Trinajstić information content (AvgIpc) is 2.65. The molecule has 0 N–H and O–H groups in total. The lowest BCUT2D eigenvalue weighted by molar-refractivity contribution is -0.205. The molecule has 1 fully saturated rings. The highest BCUT2D eigenvalue weighted by atomic mass is 80.0. The van der Waals surface area contributed by atoms with E-state index in [1.54, 1.807) is 0 Å². The van der Waals surface area contributed by atoms with Crippen LogP contribution in [0.5, 0.6) is 0 Å². The van der Waals surface area contributed by atoms with Crippen LogP contribution in [0.15, 0.2) is 0 Å². The molecule has 1 rings (SSSR count). The van der Waals surface area contributed by atoms with Crippen LogP contribution in [0.2, 0.25) is 0 Å². The van der Waals surface area contributed by atoms with Crippen molar-refractivity contribution in [1.82, 2.24) is 0 Å². The molecule has 0 aliphatic heterocycles. The van der Waals surface area contributed by atoms with E-state index in [2.05, 4.69) is 52.5 Å². The van der Waals surface area contributed by atoms with Gasteiger partial charge in [-0.3, -0.25) is 0 Å². The molecule has 0 spiro atoms. The number of rotatable bonds is 2. The van der Waals surface area contributed by atoms with Gasteiger partial charge < -0.3 is 4.74 Å². The summed E-state index contributed by atoms with van der Waals surface area (Å²) in [6, 6.07) is 0. The first-order valence-electron chi connectivity index (χ1n) is 4.70. The van der Waals surface area contributed by atoms with Gasteiger partial charge in [-0.25, -0.2) is 4.79 Å². The maximum absolute atomic E-state index is 12.2. The Morgan fingerprint density at radius 3 is 2.00 bits per heavy atom. The van der Waals surface area contributed by atoms with Crippen LogP contribution in [0.25, 0.3) is 0 Å². The van der Waals surface area contributed by atoms with E-state index >= 15 is 0 Å². The highest BCUT2D eigenvalue weighted by Crippen LogP contribution is 2.59. The first-order valence-corrected chi connectivity index (χ1v) is 7.08. The third-order valence-corrected chi connectivity index (χ3v) is 4.10. The SMILES string of the molecule is CC1(C)CC1C(OC(=O)C(F)(F)F)C(Br)(Br)Br. The van der Waals surface area contributed by atoms with Crippen molar-refractivity contribution in [3.63, 3.8) is 0 Å². The zero-order valence-corrected chi connectivity index (χ0v) is 13.7. The summed E-state index contributed by atoms with van der Waals surface area (Å²) in [5, 5.41) is 0. The molecule has 8 heteroatoms. The summed E-state index contributed by atoms with van der Waals surface area (Å²) in [6.45, 7) is 3.82. The highest BCUT2D eigenvalue weighted by molar-refractivity contribution is 9.39. The number of hydrogen-bond donors (Lipinski definition) is 0. The van der Waals surface area contributed by atoms with Gasteiger partial charge in [0.1, 0.15) is 6.10 Å². The fourth-order valence-electron chi connectivity index (χ4n) is 1.58. The largest absolute Gasteiger partial charge is 0.490 e. The molecule has 2 nitrogen and oxygen atoms in total. The number of carbonyl (C=O) groups is 1. The smallest absolute Gasteiger partial charge is 0.452 e. The van der Waals surface area contributed by atoms with E-state index < -0.39 is 20.4 Å². The van der Waals surface area contributed by atoms with Crippen LogP contribution in [0.1, 0.15) is 20.3 Å². The van der Waals surface area contributed by atoms with Crippen LogP contribution in [0.3, 0.4) is 0 Å². The molecule has 1 aliphatic rings. The van der Waals surface area contributed by atoms with Crippen molar-refractivity contribution >= 4 is 53.8 Å². The third kappa shape index (κ3) is 4.09. The van der Waals surface area contributed by atoms with E-state index in [1.165, 1.54) is 0 Å². The van der Waals surface area contributed by atoms with E-state index in [-0.39, 0.29) is 11.3 Å². The van der Waals surface area contributed by atoms with Crippen molar-refractivity contribution in [3.8, 4) is 0 Å². The molecular formula is C9H10Br3F3O2. The van der Waals surface area contributed by atoms with Gasteiger partial charge in [0.2, 0.25) is 0 Å². The monoisotopic (exact) mass is 444 g/mol. The van der Waals surface area contributed by atoms with Crippen molar-refractivity contribution in [3.05, 3.63) is 0 Å². The minimum absolute atomic E-state index is 0.128. The molecule has 0 amide bonds. The summed E-state index contributed by atoms with van der Waals surface area (Å²) < 4.78 is 39.9. The standard InChI is InChI=1S/C9H10Br3F3O2/c1-7(2)3-4(7)5(8(10,11)12)17-6(16)9(13,14)15/h4-5H,3H2,1-2H3. The van der Waals surface area contributed by atoms with E-state index in [9.17, 15) is 18.0 Å². The molecule has 1 saturated carbocycles. The van der Waals surface area contributed by atoms with Gasteiger partial charge in [-0.05, 0) is 11.8 Å². The highest BCUT2D eigenvalue weighted by Gasteiger charge is 2.58. The molecular weight excluding hydrogens is 437 g/mol. The first-order chi connectivity index (χ1) is 7.36. The Hall–Kier alpha value is 0.700. The minimum Gasteiger partial charge on any atom is -0.452 e. The van der Waals surface area contributed by atoms with Gasteiger partial charge in [-0.15, -0.1) is 0 Å². The van der Waals surface area contributed by atoms with Gasteiger partial charge in [0, 0.05) is 5.92 Å². The molecule has 0 bridgehead atoms.